The molecule has 0 radical (unpaired) electrons. The van der Waals surface area contributed by atoms with Crippen LogP contribution in [0.25, 0.3) is 0 Å². The Morgan fingerprint density at radius 2 is 2.00 bits per heavy atom. The molecule has 1 aromatic rings. The molecule has 1 heterocycles. The molecule has 0 fully saturated rings. The highest BCUT2D eigenvalue weighted by Crippen LogP contribution is 2.20. The molecule has 0 aromatic carbocycles. The van der Waals surface area contributed by atoms with Gasteiger partial charge >= 0.3 is 0 Å². The third-order valence-electron chi connectivity index (χ3n) is 2.75. The minimum Gasteiger partial charge on any atom is -0.339 e. The summed E-state index contributed by atoms with van der Waals surface area (Å²) in [5.41, 5.74) is 0.411. The Balaban J connectivity index is 2.75. The standard InChI is InChI=1S/C13H19Cl2N3O/c1-4-18(7-5-6-17(2)3)13(19)10-8-12(15)16-9-11(10)14/h8-9H,4-7H2,1-3H3. The lowest BCUT2D eigenvalue weighted by Crippen LogP contribution is -2.33. The van der Waals surface area contributed by atoms with Crippen molar-refractivity contribution in [2.24, 2.45) is 0 Å². The minimum atomic E-state index is -0.101. The summed E-state index contributed by atoms with van der Waals surface area (Å²) in [6.07, 6.45) is 2.33. The Morgan fingerprint density at radius 1 is 1.32 bits per heavy atom. The highest BCUT2D eigenvalue weighted by molar-refractivity contribution is 6.35. The van der Waals surface area contributed by atoms with Gasteiger partial charge in [-0.1, -0.05) is 23.2 Å². The summed E-state index contributed by atoms with van der Waals surface area (Å²) in [4.78, 5) is 20.1. The van der Waals surface area contributed by atoms with Crippen LogP contribution in [-0.4, -0.2) is 54.4 Å². The zero-order chi connectivity index (χ0) is 14.4. The third-order valence-corrected chi connectivity index (χ3v) is 3.26. The molecule has 0 saturated carbocycles. The lowest BCUT2D eigenvalue weighted by atomic mass is 10.2. The highest BCUT2D eigenvalue weighted by Gasteiger charge is 2.17. The van der Waals surface area contributed by atoms with E-state index in [-0.39, 0.29) is 11.1 Å². The molecular weight excluding hydrogens is 285 g/mol. The van der Waals surface area contributed by atoms with E-state index >= 15 is 0 Å². The maximum absolute atomic E-state index is 12.4. The largest absolute Gasteiger partial charge is 0.339 e. The van der Waals surface area contributed by atoms with Crippen molar-refractivity contribution in [3.05, 3.63) is 28.0 Å². The molecule has 6 heteroatoms. The lowest BCUT2D eigenvalue weighted by molar-refractivity contribution is 0.0759. The zero-order valence-electron chi connectivity index (χ0n) is 11.5. The molecular formula is C13H19Cl2N3O. The van der Waals surface area contributed by atoms with Gasteiger partial charge in [-0.05, 0) is 40.1 Å². The van der Waals surface area contributed by atoms with E-state index < -0.39 is 0 Å². The Labute approximate surface area is 124 Å². The summed E-state index contributed by atoms with van der Waals surface area (Å²) in [5.74, 6) is -0.101. The Bertz CT molecular complexity index is 438. The summed E-state index contributed by atoms with van der Waals surface area (Å²) in [6, 6.07) is 1.51. The van der Waals surface area contributed by atoms with Gasteiger partial charge in [0.15, 0.2) is 0 Å². The van der Waals surface area contributed by atoms with Gasteiger partial charge < -0.3 is 9.80 Å². The number of pyridine rings is 1. The Hall–Kier alpha value is -0.840. The number of nitrogens with zero attached hydrogens (tertiary/aromatic N) is 3. The molecule has 106 valence electrons. The number of carbonyl (C=O) groups is 1. The average molecular weight is 304 g/mol. The zero-order valence-corrected chi connectivity index (χ0v) is 13.0. The fourth-order valence-electron chi connectivity index (χ4n) is 1.73. The van der Waals surface area contributed by atoms with E-state index in [2.05, 4.69) is 9.88 Å². The van der Waals surface area contributed by atoms with Gasteiger partial charge in [-0.3, -0.25) is 4.79 Å². The molecule has 0 N–H and O–H groups in total. The number of carbonyl (C=O) groups excluding carboxylic acids is 1. The summed E-state index contributed by atoms with van der Waals surface area (Å²) < 4.78 is 0. The van der Waals surface area contributed by atoms with Crippen molar-refractivity contribution in [1.82, 2.24) is 14.8 Å². The van der Waals surface area contributed by atoms with Gasteiger partial charge in [0.2, 0.25) is 0 Å². The SMILES string of the molecule is CCN(CCCN(C)C)C(=O)c1cc(Cl)ncc1Cl. The number of rotatable bonds is 6. The quantitative estimate of drug-likeness (QED) is 0.758. The van der Waals surface area contributed by atoms with Crippen LogP contribution in [0.15, 0.2) is 12.3 Å². The molecule has 0 unspecified atom stereocenters. The van der Waals surface area contributed by atoms with Crippen LogP contribution in [0.3, 0.4) is 0 Å². The van der Waals surface area contributed by atoms with Crippen molar-refractivity contribution >= 4 is 29.1 Å². The van der Waals surface area contributed by atoms with Crippen molar-refractivity contribution in [3.63, 3.8) is 0 Å². The Kier molecular flexibility index (Phi) is 6.55. The van der Waals surface area contributed by atoms with Crippen LogP contribution >= 0.6 is 23.2 Å². The second-order valence-corrected chi connectivity index (χ2v) is 5.32. The van der Waals surface area contributed by atoms with Gasteiger partial charge in [-0.15, -0.1) is 0 Å². The minimum absolute atomic E-state index is 0.101. The molecule has 1 amide bonds. The van der Waals surface area contributed by atoms with Crippen LogP contribution in [0.4, 0.5) is 0 Å². The fourth-order valence-corrected chi connectivity index (χ4v) is 2.07. The first-order valence-electron chi connectivity index (χ1n) is 6.20. The highest BCUT2D eigenvalue weighted by atomic mass is 35.5. The van der Waals surface area contributed by atoms with Gasteiger partial charge in [0.1, 0.15) is 5.15 Å². The van der Waals surface area contributed by atoms with E-state index in [0.717, 1.165) is 13.0 Å². The number of hydrogen-bond acceptors (Lipinski definition) is 3. The smallest absolute Gasteiger partial charge is 0.255 e. The molecule has 4 nitrogen and oxygen atoms in total. The van der Waals surface area contributed by atoms with Crippen molar-refractivity contribution < 1.29 is 4.79 Å². The molecule has 19 heavy (non-hydrogen) atoms. The Morgan fingerprint density at radius 3 is 2.58 bits per heavy atom. The van der Waals surface area contributed by atoms with Crippen molar-refractivity contribution in [2.45, 2.75) is 13.3 Å². The monoisotopic (exact) mass is 303 g/mol. The van der Waals surface area contributed by atoms with E-state index in [9.17, 15) is 4.79 Å². The molecule has 0 spiro atoms. The van der Waals surface area contributed by atoms with Gasteiger partial charge in [0.05, 0.1) is 10.6 Å². The van der Waals surface area contributed by atoms with E-state index in [0.29, 0.717) is 23.7 Å². The first-order valence-corrected chi connectivity index (χ1v) is 6.96. The normalized spacial score (nSPS) is 10.8. The molecule has 0 aliphatic rings. The predicted octanol–water partition coefficient (Wildman–Crippen LogP) is 2.80. The molecule has 0 atom stereocenters. The average Bonchev–Trinajstić information content (AvgIpc) is 2.36. The fraction of sp³-hybridized carbons (Fsp3) is 0.538. The second kappa shape index (κ2) is 7.68. The van der Waals surface area contributed by atoms with Crippen LogP contribution < -0.4 is 0 Å². The first kappa shape index (κ1) is 16.2. The van der Waals surface area contributed by atoms with Crippen LogP contribution in [0.2, 0.25) is 10.2 Å². The van der Waals surface area contributed by atoms with Gasteiger partial charge in [0, 0.05) is 19.3 Å². The summed E-state index contributed by atoms with van der Waals surface area (Å²) in [5, 5.41) is 0.609. The van der Waals surface area contributed by atoms with Crippen LogP contribution in [0, 0.1) is 0 Å². The van der Waals surface area contributed by atoms with Crippen molar-refractivity contribution in [1.29, 1.82) is 0 Å². The predicted molar refractivity (Wildman–Crippen MR) is 79.0 cm³/mol. The van der Waals surface area contributed by atoms with Crippen molar-refractivity contribution in [3.8, 4) is 0 Å². The molecule has 1 aromatic heterocycles. The first-order chi connectivity index (χ1) is 8.95. The van der Waals surface area contributed by atoms with E-state index in [1.807, 2.05) is 21.0 Å². The number of halogens is 2. The number of amides is 1. The number of aromatic nitrogens is 1. The molecule has 0 bridgehead atoms. The maximum Gasteiger partial charge on any atom is 0.255 e. The lowest BCUT2D eigenvalue weighted by Gasteiger charge is -2.22. The summed E-state index contributed by atoms with van der Waals surface area (Å²) in [6.45, 7) is 4.23. The summed E-state index contributed by atoms with van der Waals surface area (Å²) >= 11 is 11.8. The number of hydrogen-bond donors (Lipinski definition) is 0. The van der Waals surface area contributed by atoms with Crippen LogP contribution in [-0.2, 0) is 0 Å². The van der Waals surface area contributed by atoms with Gasteiger partial charge in [-0.2, -0.15) is 0 Å². The van der Waals surface area contributed by atoms with E-state index in [1.165, 1.54) is 12.3 Å². The third kappa shape index (κ3) is 4.97. The van der Waals surface area contributed by atoms with Gasteiger partial charge in [-0.25, -0.2) is 4.98 Å². The summed E-state index contributed by atoms with van der Waals surface area (Å²) in [7, 11) is 4.02. The topological polar surface area (TPSA) is 36.4 Å². The maximum atomic E-state index is 12.4. The van der Waals surface area contributed by atoms with E-state index in [4.69, 9.17) is 23.2 Å². The second-order valence-electron chi connectivity index (χ2n) is 4.53. The van der Waals surface area contributed by atoms with Crippen LogP contribution in [0.5, 0.6) is 0 Å². The van der Waals surface area contributed by atoms with Gasteiger partial charge in [0.25, 0.3) is 5.91 Å². The molecule has 0 aliphatic heterocycles. The molecule has 0 saturated heterocycles. The van der Waals surface area contributed by atoms with Crippen LogP contribution in [0.1, 0.15) is 23.7 Å². The van der Waals surface area contributed by atoms with Crippen molar-refractivity contribution in [2.75, 3.05) is 33.7 Å². The molecule has 1 rings (SSSR count). The molecule has 0 aliphatic carbocycles. The van der Waals surface area contributed by atoms with E-state index in [1.54, 1.807) is 4.90 Å².